The Morgan fingerprint density at radius 3 is 2.53 bits per heavy atom. The smallest absolute Gasteiger partial charge is 0.274 e. The van der Waals surface area contributed by atoms with Gasteiger partial charge < -0.3 is 5.73 Å². The number of benzene rings is 2. The maximum atomic E-state index is 13.4. The highest BCUT2D eigenvalue weighted by atomic mass is 32.2. The zero-order valence-electron chi connectivity index (χ0n) is 17.4. The van der Waals surface area contributed by atoms with Crippen molar-refractivity contribution in [3.8, 4) is 5.69 Å². The monoisotopic (exact) mass is 445 g/mol. The SMILES string of the molecule is Cc1cc(C)cc(-n2c(SCc3cc(=O)n4[nH]c(N)nc4n3)nc3ccccc3c2=O)c1. The summed E-state index contributed by atoms with van der Waals surface area (Å²) in [6.07, 6.45) is 0. The molecule has 9 nitrogen and oxygen atoms in total. The van der Waals surface area contributed by atoms with E-state index in [1.165, 1.54) is 22.3 Å². The third-order valence-electron chi connectivity index (χ3n) is 4.96. The van der Waals surface area contributed by atoms with Crippen molar-refractivity contribution in [3.05, 3.63) is 86.1 Å². The Kier molecular flexibility index (Phi) is 4.78. The van der Waals surface area contributed by atoms with Gasteiger partial charge in [-0.25, -0.2) is 9.97 Å². The fraction of sp³-hybridized carbons (Fsp3) is 0.136. The fourth-order valence-electron chi connectivity index (χ4n) is 3.67. The van der Waals surface area contributed by atoms with Crippen molar-refractivity contribution in [3.63, 3.8) is 0 Å². The van der Waals surface area contributed by atoms with Gasteiger partial charge in [0.2, 0.25) is 5.95 Å². The summed E-state index contributed by atoms with van der Waals surface area (Å²) in [6, 6.07) is 14.6. The highest BCUT2D eigenvalue weighted by Gasteiger charge is 2.15. The van der Waals surface area contributed by atoms with Crippen LogP contribution < -0.4 is 16.9 Å². The summed E-state index contributed by atoms with van der Waals surface area (Å²) in [6.45, 7) is 3.98. The summed E-state index contributed by atoms with van der Waals surface area (Å²) < 4.78 is 2.80. The summed E-state index contributed by atoms with van der Waals surface area (Å²) in [5.74, 6) is 0.636. The normalized spacial score (nSPS) is 11.4. The molecule has 32 heavy (non-hydrogen) atoms. The van der Waals surface area contributed by atoms with E-state index in [1.54, 1.807) is 10.6 Å². The molecule has 0 atom stereocenters. The van der Waals surface area contributed by atoms with Crippen LogP contribution in [-0.2, 0) is 5.75 Å². The number of nitrogens with zero attached hydrogens (tertiary/aromatic N) is 5. The predicted molar refractivity (Wildman–Crippen MR) is 124 cm³/mol. The summed E-state index contributed by atoms with van der Waals surface area (Å²) in [4.78, 5) is 38.9. The van der Waals surface area contributed by atoms with Gasteiger partial charge >= 0.3 is 0 Å². The van der Waals surface area contributed by atoms with Crippen LogP contribution in [0.25, 0.3) is 22.4 Å². The Morgan fingerprint density at radius 2 is 1.75 bits per heavy atom. The molecule has 160 valence electrons. The Morgan fingerprint density at radius 1 is 1.00 bits per heavy atom. The van der Waals surface area contributed by atoms with E-state index in [4.69, 9.17) is 10.7 Å². The number of aromatic amines is 1. The summed E-state index contributed by atoms with van der Waals surface area (Å²) in [5.41, 5.74) is 9.15. The van der Waals surface area contributed by atoms with E-state index in [0.29, 0.717) is 27.5 Å². The summed E-state index contributed by atoms with van der Waals surface area (Å²) in [5, 5.41) is 3.70. The van der Waals surface area contributed by atoms with Crippen LogP contribution in [-0.4, -0.2) is 29.1 Å². The second-order valence-electron chi connectivity index (χ2n) is 7.52. The number of nitrogen functional groups attached to an aromatic ring is 1. The number of fused-ring (bicyclic) bond motifs is 2. The van der Waals surface area contributed by atoms with Gasteiger partial charge in [0, 0.05) is 11.8 Å². The molecule has 0 spiro atoms. The number of hydrogen-bond acceptors (Lipinski definition) is 7. The van der Waals surface area contributed by atoms with Crippen molar-refractivity contribution < 1.29 is 0 Å². The number of nitrogens with one attached hydrogen (secondary N) is 1. The van der Waals surface area contributed by atoms with Crippen LogP contribution in [0.1, 0.15) is 16.8 Å². The number of thioether (sulfide) groups is 1. The average molecular weight is 446 g/mol. The first-order valence-corrected chi connectivity index (χ1v) is 10.8. The first-order valence-electron chi connectivity index (χ1n) is 9.86. The Balaban J connectivity index is 1.63. The van der Waals surface area contributed by atoms with Crippen LogP contribution in [0.3, 0.4) is 0 Å². The standard InChI is InChI=1S/C22H19N7O2S/c1-12-7-13(2)9-15(8-12)28-19(31)16-5-3-4-6-17(16)25-22(28)32-11-14-10-18(30)29-21(24-14)26-20(23)27-29/h3-10H,11H2,1-2H3,(H3,23,24,26,27). The van der Waals surface area contributed by atoms with Gasteiger partial charge in [-0.2, -0.15) is 9.50 Å². The van der Waals surface area contributed by atoms with Gasteiger partial charge in [0.1, 0.15) is 0 Å². The van der Waals surface area contributed by atoms with Gasteiger partial charge in [0.15, 0.2) is 5.16 Å². The molecule has 0 aliphatic rings. The molecule has 5 aromatic rings. The molecule has 0 fully saturated rings. The number of aryl methyl sites for hydroxylation is 2. The molecule has 0 bridgehead atoms. The van der Waals surface area contributed by atoms with Gasteiger partial charge in [-0.15, -0.1) is 0 Å². The number of hydrogen-bond donors (Lipinski definition) is 2. The molecule has 5 rings (SSSR count). The minimum atomic E-state index is -0.312. The van der Waals surface area contributed by atoms with E-state index in [2.05, 4.69) is 21.1 Å². The van der Waals surface area contributed by atoms with E-state index < -0.39 is 0 Å². The molecule has 3 N–H and O–H groups in total. The number of anilines is 1. The van der Waals surface area contributed by atoms with Crippen molar-refractivity contribution in [2.45, 2.75) is 24.8 Å². The first-order chi connectivity index (χ1) is 15.4. The molecular weight excluding hydrogens is 426 g/mol. The van der Waals surface area contributed by atoms with Gasteiger partial charge in [0.05, 0.1) is 22.3 Å². The second-order valence-corrected chi connectivity index (χ2v) is 8.46. The van der Waals surface area contributed by atoms with Gasteiger partial charge in [0.25, 0.3) is 16.9 Å². The molecule has 0 aliphatic heterocycles. The van der Waals surface area contributed by atoms with E-state index in [9.17, 15) is 9.59 Å². The molecule has 0 saturated heterocycles. The lowest BCUT2D eigenvalue weighted by Crippen LogP contribution is -2.22. The molecule has 0 saturated carbocycles. The van der Waals surface area contributed by atoms with Crippen LogP contribution in [0.15, 0.2) is 63.3 Å². The number of rotatable bonds is 4. The lowest BCUT2D eigenvalue weighted by molar-refractivity contribution is 0.817. The van der Waals surface area contributed by atoms with Crippen molar-refractivity contribution in [1.82, 2.24) is 29.1 Å². The van der Waals surface area contributed by atoms with Crippen LogP contribution >= 0.6 is 11.8 Å². The van der Waals surface area contributed by atoms with Crippen LogP contribution in [0.4, 0.5) is 5.95 Å². The topological polar surface area (TPSA) is 124 Å². The van der Waals surface area contributed by atoms with Crippen molar-refractivity contribution >= 4 is 34.4 Å². The second kappa shape index (κ2) is 7.65. The molecule has 0 amide bonds. The van der Waals surface area contributed by atoms with Crippen LogP contribution in [0.5, 0.6) is 0 Å². The molecule has 2 aromatic carbocycles. The number of nitrogens with two attached hydrogens (primary N) is 1. The van der Waals surface area contributed by atoms with Gasteiger partial charge in [-0.3, -0.25) is 19.3 Å². The summed E-state index contributed by atoms with van der Waals surface area (Å²) >= 11 is 1.33. The van der Waals surface area contributed by atoms with Crippen LogP contribution in [0.2, 0.25) is 0 Å². The third kappa shape index (κ3) is 3.54. The van der Waals surface area contributed by atoms with Crippen molar-refractivity contribution in [2.75, 3.05) is 5.73 Å². The fourth-order valence-corrected chi connectivity index (χ4v) is 4.58. The Bertz CT molecular complexity index is 1600. The summed E-state index contributed by atoms with van der Waals surface area (Å²) in [7, 11) is 0. The Labute approximate surface area is 186 Å². The third-order valence-corrected chi connectivity index (χ3v) is 5.93. The maximum absolute atomic E-state index is 13.4. The molecule has 3 heterocycles. The number of aromatic nitrogens is 6. The largest absolute Gasteiger partial charge is 0.368 e. The van der Waals surface area contributed by atoms with Crippen molar-refractivity contribution in [1.29, 1.82) is 0 Å². The molecule has 3 aromatic heterocycles. The highest BCUT2D eigenvalue weighted by molar-refractivity contribution is 7.98. The molecule has 0 unspecified atom stereocenters. The van der Waals surface area contributed by atoms with Crippen molar-refractivity contribution in [2.24, 2.45) is 0 Å². The average Bonchev–Trinajstić information content (AvgIpc) is 3.12. The van der Waals surface area contributed by atoms with E-state index in [0.717, 1.165) is 16.8 Å². The van der Waals surface area contributed by atoms with Crippen LogP contribution in [0, 0.1) is 13.8 Å². The quantitative estimate of drug-likeness (QED) is 0.322. The maximum Gasteiger partial charge on any atom is 0.274 e. The highest BCUT2D eigenvalue weighted by Crippen LogP contribution is 2.25. The van der Waals surface area contributed by atoms with Gasteiger partial charge in [-0.05, 0) is 49.2 Å². The zero-order valence-corrected chi connectivity index (χ0v) is 18.2. The minimum absolute atomic E-state index is 0.110. The number of H-pyrrole nitrogens is 1. The molecule has 10 heteroatoms. The lowest BCUT2D eigenvalue weighted by Gasteiger charge is -2.14. The zero-order chi connectivity index (χ0) is 22.4. The minimum Gasteiger partial charge on any atom is -0.368 e. The number of para-hydroxylation sites is 1. The van der Waals surface area contributed by atoms with E-state index >= 15 is 0 Å². The molecule has 0 radical (unpaired) electrons. The Hall–Kier alpha value is -3.92. The lowest BCUT2D eigenvalue weighted by atomic mass is 10.1. The molecule has 0 aliphatic carbocycles. The molecular formula is C22H19N7O2S. The first kappa shape index (κ1) is 20.0. The van der Waals surface area contributed by atoms with E-state index in [1.807, 2.05) is 44.2 Å². The van der Waals surface area contributed by atoms with E-state index in [-0.39, 0.29) is 22.8 Å². The predicted octanol–water partition coefficient (Wildman–Crippen LogP) is 2.61. The van der Waals surface area contributed by atoms with Gasteiger partial charge in [-0.1, -0.05) is 30.0 Å².